The number of halogens is 4. The van der Waals surface area contributed by atoms with E-state index in [-0.39, 0.29) is 18.4 Å². The molecule has 1 aromatic rings. The number of hydrogen-bond donors (Lipinski definition) is 1. The number of aromatic nitrogens is 1. The Kier molecular flexibility index (Phi) is 5.95. The van der Waals surface area contributed by atoms with Gasteiger partial charge in [-0.05, 0) is 19.9 Å². The lowest BCUT2D eigenvalue weighted by Gasteiger charge is -2.30. The van der Waals surface area contributed by atoms with Crippen molar-refractivity contribution in [2.75, 3.05) is 11.4 Å². The Balaban J connectivity index is 3.11. The van der Waals surface area contributed by atoms with E-state index in [9.17, 15) is 17.6 Å². The second-order valence-electron chi connectivity index (χ2n) is 5.51. The smallest absolute Gasteiger partial charge is 0.345 e. The fourth-order valence-corrected chi connectivity index (χ4v) is 1.87. The summed E-state index contributed by atoms with van der Waals surface area (Å²) in [5.74, 6) is -0.396. The number of pyridine rings is 1. The van der Waals surface area contributed by atoms with E-state index in [1.165, 1.54) is 6.07 Å². The first-order chi connectivity index (χ1) is 9.60. The number of nitrogens with zero attached hydrogens (tertiary/aromatic N) is 2. The van der Waals surface area contributed by atoms with Crippen LogP contribution in [0.25, 0.3) is 0 Å². The summed E-state index contributed by atoms with van der Waals surface area (Å²) >= 11 is 0. The summed E-state index contributed by atoms with van der Waals surface area (Å²) in [6.45, 7) is 6.26. The van der Waals surface area contributed by atoms with Crippen LogP contribution in [0.2, 0.25) is 0 Å². The second-order valence-corrected chi connectivity index (χ2v) is 5.51. The summed E-state index contributed by atoms with van der Waals surface area (Å²) in [6.07, 6.45) is -3.40. The van der Waals surface area contributed by atoms with Crippen LogP contribution in [0, 0.1) is 5.82 Å². The maximum absolute atomic E-state index is 13.3. The van der Waals surface area contributed by atoms with E-state index in [4.69, 9.17) is 0 Å². The van der Waals surface area contributed by atoms with E-state index in [2.05, 4.69) is 10.3 Å². The molecule has 1 aromatic heterocycles. The number of hydrogen-bond acceptors (Lipinski definition) is 3. The molecule has 120 valence electrons. The van der Waals surface area contributed by atoms with E-state index in [0.717, 1.165) is 11.1 Å². The Bertz CT molecular complexity index is 458. The SMILES string of the molecule is CC(C)NCc1cc(F)cnc1N(CC(F)(F)F)C(C)C. The zero-order valence-corrected chi connectivity index (χ0v) is 12.6. The van der Waals surface area contributed by atoms with Gasteiger partial charge in [0, 0.05) is 24.2 Å². The minimum absolute atomic E-state index is 0.135. The molecule has 1 rings (SSSR count). The highest BCUT2D eigenvalue weighted by atomic mass is 19.4. The van der Waals surface area contributed by atoms with Gasteiger partial charge in [-0.2, -0.15) is 13.2 Å². The molecule has 0 aliphatic rings. The fourth-order valence-electron chi connectivity index (χ4n) is 1.87. The molecule has 3 nitrogen and oxygen atoms in total. The average molecular weight is 307 g/mol. The van der Waals surface area contributed by atoms with Crippen LogP contribution < -0.4 is 10.2 Å². The molecule has 0 spiro atoms. The zero-order chi connectivity index (χ0) is 16.2. The standard InChI is InChI=1S/C14H21F4N3/c1-9(2)19-6-11-5-12(15)7-20-13(11)21(10(3)4)8-14(16,17)18/h5,7,9-10,19H,6,8H2,1-4H3. The van der Waals surface area contributed by atoms with E-state index < -0.39 is 24.6 Å². The van der Waals surface area contributed by atoms with Crippen molar-refractivity contribution < 1.29 is 17.6 Å². The Morgan fingerprint density at radius 1 is 1.24 bits per heavy atom. The third-order valence-electron chi connectivity index (χ3n) is 2.86. The zero-order valence-electron chi connectivity index (χ0n) is 12.6. The molecule has 7 heteroatoms. The normalized spacial score (nSPS) is 12.3. The van der Waals surface area contributed by atoms with E-state index in [1.54, 1.807) is 13.8 Å². The average Bonchev–Trinajstić information content (AvgIpc) is 2.32. The van der Waals surface area contributed by atoms with Crippen molar-refractivity contribution in [3.8, 4) is 0 Å². The molecule has 0 unspecified atom stereocenters. The topological polar surface area (TPSA) is 28.2 Å². The molecule has 1 N–H and O–H groups in total. The Hall–Kier alpha value is -1.37. The van der Waals surface area contributed by atoms with Gasteiger partial charge in [-0.3, -0.25) is 0 Å². The first kappa shape index (κ1) is 17.7. The minimum atomic E-state index is -4.34. The predicted molar refractivity (Wildman–Crippen MR) is 74.7 cm³/mol. The quantitative estimate of drug-likeness (QED) is 0.815. The molecule has 0 fully saturated rings. The van der Waals surface area contributed by atoms with Gasteiger partial charge in [0.15, 0.2) is 0 Å². The molecular formula is C14H21F4N3. The Morgan fingerprint density at radius 2 is 1.86 bits per heavy atom. The molecule has 0 amide bonds. The van der Waals surface area contributed by atoms with Crippen LogP contribution in [-0.2, 0) is 6.54 Å². The highest BCUT2D eigenvalue weighted by Crippen LogP contribution is 2.26. The van der Waals surface area contributed by atoms with E-state index in [0.29, 0.717) is 5.56 Å². The van der Waals surface area contributed by atoms with Crippen molar-refractivity contribution in [2.45, 2.75) is 52.5 Å². The van der Waals surface area contributed by atoms with Crippen LogP contribution in [0.3, 0.4) is 0 Å². The van der Waals surface area contributed by atoms with Crippen LogP contribution in [0.15, 0.2) is 12.3 Å². The van der Waals surface area contributed by atoms with Crippen molar-refractivity contribution in [3.05, 3.63) is 23.6 Å². The minimum Gasteiger partial charge on any atom is -0.345 e. The van der Waals surface area contributed by atoms with Gasteiger partial charge in [0.25, 0.3) is 0 Å². The summed E-state index contributed by atoms with van der Waals surface area (Å²) in [5, 5.41) is 3.07. The molecule has 0 saturated carbocycles. The van der Waals surface area contributed by atoms with Gasteiger partial charge in [0.05, 0.1) is 6.20 Å². The number of rotatable bonds is 6. The predicted octanol–water partition coefficient (Wildman–Crippen LogP) is 3.50. The van der Waals surface area contributed by atoms with Gasteiger partial charge in [0.1, 0.15) is 18.2 Å². The molecule has 0 aliphatic heterocycles. The van der Waals surface area contributed by atoms with Gasteiger partial charge in [-0.15, -0.1) is 0 Å². The maximum Gasteiger partial charge on any atom is 0.405 e. The molecular weight excluding hydrogens is 286 g/mol. The van der Waals surface area contributed by atoms with Crippen molar-refractivity contribution in [1.82, 2.24) is 10.3 Å². The summed E-state index contributed by atoms with van der Waals surface area (Å²) in [5.41, 5.74) is 0.418. The monoisotopic (exact) mass is 307 g/mol. The largest absolute Gasteiger partial charge is 0.405 e. The second kappa shape index (κ2) is 7.06. The molecule has 0 aliphatic carbocycles. The number of nitrogens with one attached hydrogen (secondary N) is 1. The van der Waals surface area contributed by atoms with Crippen LogP contribution in [0.1, 0.15) is 33.3 Å². The Labute approximate surface area is 122 Å². The molecule has 0 aromatic carbocycles. The Morgan fingerprint density at radius 3 is 2.33 bits per heavy atom. The third-order valence-corrected chi connectivity index (χ3v) is 2.86. The summed E-state index contributed by atoms with van der Waals surface area (Å²) in [6, 6.07) is 0.960. The maximum atomic E-state index is 13.3. The number of anilines is 1. The van der Waals surface area contributed by atoms with Crippen molar-refractivity contribution in [2.24, 2.45) is 0 Å². The van der Waals surface area contributed by atoms with Gasteiger partial charge in [0.2, 0.25) is 0 Å². The number of alkyl halides is 3. The van der Waals surface area contributed by atoms with Gasteiger partial charge < -0.3 is 10.2 Å². The summed E-state index contributed by atoms with van der Waals surface area (Å²) in [4.78, 5) is 5.01. The third kappa shape index (κ3) is 5.87. The molecule has 21 heavy (non-hydrogen) atoms. The summed E-state index contributed by atoms with van der Waals surface area (Å²) < 4.78 is 51.5. The molecule has 0 atom stereocenters. The van der Waals surface area contributed by atoms with Crippen LogP contribution in [0.5, 0.6) is 0 Å². The van der Waals surface area contributed by atoms with Crippen molar-refractivity contribution in [3.63, 3.8) is 0 Å². The first-order valence-electron chi connectivity index (χ1n) is 6.81. The van der Waals surface area contributed by atoms with Gasteiger partial charge in [-0.25, -0.2) is 9.37 Å². The van der Waals surface area contributed by atoms with E-state index in [1.807, 2.05) is 13.8 Å². The highest BCUT2D eigenvalue weighted by molar-refractivity contribution is 5.48. The van der Waals surface area contributed by atoms with Gasteiger partial charge >= 0.3 is 6.18 Å². The molecule has 0 saturated heterocycles. The lowest BCUT2D eigenvalue weighted by atomic mass is 10.2. The lowest BCUT2D eigenvalue weighted by Crippen LogP contribution is -2.40. The first-order valence-corrected chi connectivity index (χ1v) is 6.81. The molecule has 1 heterocycles. The van der Waals surface area contributed by atoms with E-state index >= 15 is 0 Å². The highest BCUT2D eigenvalue weighted by Gasteiger charge is 2.33. The molecule has 0 radical (unpaired) electrons. The lowest BCUT2D eigenvalue weighted by molar-refractivity contribution is -0.120. The van der Waals surface area contributed by atoms with Crippen molar-refractivity contribution in [1.29, 1.82) is 0 Å². The van der Waals surface area contributed by atoms with Crippen LogP contribution in [0.4, 0.5) is 23.4 Å². The van der Waals surface area contributed by atoms with Crippen molar-refractivity contribution >= 4 is 5.82 Å². The molecule has 0 bridgehead atoms. The van der Waals surface area contributed by atoms with Crippen LogP contribution >= 0.6 is 0 Å². The summed E-state index contributed by atoms with van der Waals surface area (Å²) in [7, 11) is 0. The van der Waals surface area contributed by atoms with Crippen LogP contribution in [-0.4, -0.2) is 29.8 Å². The van der Waals surface area contributed by atoms with Gasteiger partial charge in [-0.1, -0.05) is 13.8 Å². The fraction of sp³-hybridized carbons (Fsp3) is 0.643.